The lowest BCUT2D eigenvalue weighted by atomic mass is 10.1. The summed E-state index contributed by atoms with van der Waals surface area (Å²) >= 11 is 6.38. The molecule has 0 fully saturated rings. The van der Waals surface area contributed by atoms with Gasteiger partial charge in [-0.05, 0) is 63.6 Å². The number of hydrogen-bond donors (Lipinski definition) is 3. The van der Waals surface area contributed by atoms with Gasteiger partial charge in [0.1, 0.15) is 16.4 Å². The van der Waals surface area contributed by atoms with Gasteiger partial charge in [0, 0.05) is 24.2 Å². The number of aryl methyl sites for hydroxylation is 2. The van der Waals surface area contributed by atoms with E-state index >= 15 is 0 Å². The molecule has 4 rings (SSSR count). The molecule has 0 aliphatic carbocycles. The number of hydrogen-bond acceptors (Lipinski definition) is 9. The molecule has 0 amide bonds. The number of nitrogens with zero attached hydrogens (tertiary/aromatic N) is 4. The van der Waals surface area contributed by atoms with Crippen molar-refractivity contribution in [3.8, 4) is 28.6 Å². The fourth-order valence-electron chi connectivity index (χ4n) is 3.78. The van der Waals surface area contributed by atoms with E-state index in [1.165, 1.54) is 36.1 Å². The van der Waals surface area contributed by atoms with Crippen molar-refractivity contribution in [2.24, 2.45) is 0 Å². The monoisotopic (exact) mass is 538 g/mol. The van der Waals surface area contributed by atoms with Gasteiger partial charge in [0.2, 0.25) is 0 Å². The zero-order valence-corrected chi connectivity index (χ0v) is 22.2. The average Bonchev–Trinajstić information content (AvgIpc) is 2.87. The fourth-order valence-corrected chi connectivity index (χ4v) is 3.96. The SMILES string of the molecule is COc1cccc(C(O)(O)Oc2cc(C)n(-c3cc(-c4ccnc(C(C)(C)O)n4)ncc3C)c(=O)c2Cl)c1. The Labute approximate surface area is 223 Å². The summed E-state index contributed by atoms with van der Waals surface area (Å²) in [7, 11) is 1.44. The van der Waals surface area contributed by atoms with Gasteiger partial charge in [-0.15, -0.1) is 0 Å². The van der Waals surface area contributed by atoms with E-state index in [1.54, 1.807) is 58.2 Å². The van der Waals surface area contributed by atoms with Gasteiger partial charge in [-0.3, -0.25) is 14.3 Å². The molecule has 1 aromatic carbocycles. The summed E-state index contributed by atoms with van der Waals surface area (Å²) in [5.41, 5.74) is 0.582. The summed E-state index contributed by atoms with van der Waals surface area (Å²) in [6, 6.07) is 10.8. The first-order valence-corrected chi connectivity index (χ1v) is 11.9. The number of methoxy groups -OCH3 is 1. The van der Waals surface area contributed by atoms with Crippen LogP contribution in [0, 0.1) is 13.8 Å². The highest BCUT2D eigenvalue weighted by Gasteiger charge is 2.31. The summed E-state index contributed by atoms with van der Waals surface area (Å²) in [4.78, 5) is 26.4. The van der Waals surface area contributed by atoms with Crippen molar-refractivity contribution in [1.29, 1.82) is 0 Å². The second kappa shape index (κ2) is 10.1. The first-order valence-electron chi connectivity index (χ1n) is 11.6. The average molecular weight is 539 g/mol. The highest BCUT2D eigenvalue weighted by atomic mass is 35.5. The van der Waals surface area contributed by atoms with E-state index in [4.69, 9.17) is 21.1 Å². The second-order valence-electron chi connectivity index (χ2n) is 9.23. The number of aliphatic hydroxyl groups is 3. The van der Waals surface area contributed by atoms with E-state index in [9.17, 15) is 20.1 Å². The molecule has 10 nitrogen and oxygen atoms in total. The molecule has 4 aromatic rings. The molecule has 0 unspecified atom stereocenters. The van der Waals surface area contributed by atoms with Crippen LogP contribution in [0.3, 0.4) is 0 Å². The molecule has 198 valence electrons. The minimum absolute atomic E-state index is 0.0142. The maximum absolute atomic E-state index is 13.4. The summed E-state index contributed by atoms with van der Waals surface area (Å²) in [6.45, 7) is 6.60. The fraction of sp³-hybridized carbons (Fsp3) is 0.259. The van der Waals surface area contributed by atoms with E-state index in [-0.39, 0.29) is 22.2 Å². The van der Waals surface area contributed by atoms with Crippen LogP contribution in [-0.2, 0) is 11.6 Å². The molecule has 38 heavy (non-hydrogen) atoms. The van der Waals surface area contributed by atoms with E-state index in [1.807, 2.05) is 0 Å². The Morgan fingerprint density at radius 1 is 1.00 bits per heavy atom. The van der Waals surface area contributed by atoms with Crippen molar-refractivity contribution in [2.75, 3.05) is 7.11 Å². The number of halogens is 1. The Hall–Kier alpha value is -3.83. The number of rotatable bonds is 7. The summed E-state index contributed by atoms with van der Waals surface area (Å²) in [5.74, 6) is -2.38. The van der Waals surface area contributed by atoms with Crippen molar-refractivity contribution in [3.05, 3.63) is 92.9 Å². The largest absolute Gasteiger partial charge is 0.497 e. The molecule has 0 radical (unpaired) electrons. The van der Waals surface area contributed by atoms with Crippen LogP contribution in [0.5, 0.6) is 11.5 Å². The third-order valence-corrected chi connectivity index (χ3v) is 6.13. The van der Waals surface area contributed by atoms with Crippen molar-refractivity contribution in [3.63, 3.8) is 0 Å². The molecule has 0 bridgehead atoms. The Kier molecular flexibility index (Phi) is 7.26. The van der Waals surface area contributed by atoms with Crippen LogP contribution < -0.4 is 15.0 Å². The van der Waals surface area contributed by atoms with E-state index in [0.717, 1.165) is 0 Å². The third-order valence-electron chi connectivity index (χ3n) is 5.78. The number of aromatic nitrogens is 4. The Morgan fingerprint density at radius 2 is 1.74 bits per heavy atom. The molecule has 3 heterocycles. The molecule has 0 saturated heterocycles. The van der Waals surface area contributed by atoms with Crippen LogP contribution in [0.4, 0.5) is 0 Å². The zero-order valence-electron chi connectivity index (χ0n) is 21.4. The Morgan fingerprint density at radius 3 is 2.42 bits per heavy atom. The standard InChI is InChI=1S/C27H27ClN4O6/c1-15-14-30-20(19-9-10-29-25(31-19)26(3,4)34)13-21(15)32-16(2)11-22(23(28)24(32)33)38-27(35,36)17-7-6-8-18(12-17)37-5/h6-14,34-36H,1-5H3. The topological polar surface area (TPSA) is 140 Å². The van der Waals surface area contributed by atoms with Crippen molar-refractivity contribution >= 4 is 11.6 Å². The molecule has 0 spiro atoms. The van der Waals surface area contributed by atoms with Crippen LogP contribution in [0.2, 0.25) is 5.02 Å². The molecular formula is C27H27ClN4O6. The minimum Gasteiger partial charge on any atom is -0.497 e. The van der Waals surface area contributed by atoms with Crippen LogP contribution in [0.1, 0.15) is 36.5 Å². The van der Waals surface area contributed by atoms with Crippen molar-refractivity contribution in [1.82, 2.24) is 19.5 Å². The molecule has 0 aliphatic heterocycles. The number of pyridine rings is 2. The molecule has 0 aliphatic rings. The van der Waals surface area contributed by atoms with Gasteiger partial charge < -0.3 is 24.8 Å². The van der Waals surface area contributed by atoms with E-state index in [0.29, 0.717) is 34.1 Å². The van der Waals surface area contributed by atoms with Gasteiger partial charge in [0.15, 0.2) is 11.6 Å². The maximum atomic E-state index is 13.4. The van der Waals surface area contributed by atoms with Gasteiger partial charge in [-0.1, -0.05) is 17.7 Å². The molecule has 3 N–H and O–H groups in total. The molecule has 0 saturated carbocycles. The predicted molar refractivity (Wildman–Crippen MR) is 140 cm³/mol. The molecule has 0 atom stereocenters. The van der Waals surface area contributed by atoms with Crippen LogP contribution in [0.25, 0.3) is 17.1 Å². The lowest BCUT2D eigenvalue weighted by molar-refractivity contribution is -0.304. The van der Waals surface area contributed by atoms with E-state index in [2.05, 4.69) is 15.0 Å². The normalized spacial score (nSPS) is 11.9. The lowest BCUT2D eigenvalue weighted by Gasteiger charge is -2.25. The van der Waals surface area contributed by atoms with Gasteiger partial charge in [-0.25, -0.2) is 9.97 Å². The van der Waals surface area contributed by atoms with Crippen molar-refractivity contribution < 1.29 is 24.8 Å². The van der Waals surface area contributed by atoms with Gasteiger partial charge in [0.05, 0.1) is 29.7 Å². The quantitative estimate of drug-likeness (QED) is 0.302. The Bertz CT molecular complexity index is 1560. The van der Waals surface area contributed by atoms with Crippen LogP contribution >= 0.6 is 11.6 Å². The first kappa shape index (κ1) is 27.2. The molecular weight excluding hydrogens is 512 g/mol. The first-order chi connectivity index (χ1) is 17.8. The zero-order chi connectivity index (χ0) is 27.8. The van der Waals surface area contributed by atoms with Crippen LogP contribution in [0.15, 0.2) is 59.7 Å². The Balaban J connectivity index is 1.76. The van der Waals surface area contributed by atoms with Gasteiger partial charge in [0.25, 0.3) is 5.56 Å². The number of benzene rings is 1. The summed E-state index contributed by atoms with van der Waals surface area (Å²) in [5, 5.41) is 31.2. The highest BCUT2D eigenvalue weighted by Crippen LogP contribution is 2.32. The van der Waals surface area contributed by atoms with Gasteiger partial charge in [-0.2, -0.15) is 0 Å². The summed E-state index contributed by atoms with van der Waals surface area (Å²) < 4.78 is 11.9. The smallest absolute Gasteiger partial charge is 0.351 e. The third kappa shape index (κ3) is 5.39. The maximum Gasteiger partial charge on any atom is 0.351 e. The lowest BCUT2D eigenvalue weighted by Crippen LogP contribution is -2.33. The van der Waals surface area contributed by atoms with Crippen molar-refractivity contribution in [2.45, 2.75) is 39.3 Å². The van der Waals surface area contributed by atoms with Gasteiger partial charge >= 0.3 is 5.97 Å². The summed E-state index contributed by atoms with van der Waals surface area (Å²) in [6.07, 6.45) is 3.12. The highest BCUT2D eigenvalue weighted by molar-refractivity contribution is 6.31. The minimum atomic E-state index is -2.78. The second-order valence-corrected chi connectivity index (χ2v) is 9.61. The molecule has 11 heteroatoms. The molecule has 3 aromatic heterocycles. The number of ether oxygens (including phenoxy) is 2. The predicted octanol–water partition coefficient (Wildman–Crippen LogP) is 3.37. The van der Waals surface area contributed by atoms with E-state index < -0.39 is 17.1 Å². The van der Waals surface area contributed by atoms with Crippen LogP contribution in [-0.4, -0.2) is 41.9 Å².